The van der Waals surface area contributed by atoms with Gasteiger partial charge in [0.25, 0.3) is 5.91 Å². The second-order valence-corrected chi connectivity index (χ2v) is 8.40. The third kappa shape index (κ3) is 3.87. The largest absolute Gasteiger partial charge is 0.373 e. The number of amides is 1. The summed E-state index contributed by atoms with van der Waals surface area (Å²) in [7, 11) is 0. The number of carbonyl (C=O) groups excluding carboxylic acids is 1. The molecule has 2 saturated heterocycles. The maximum atomic E-state index is 13.2. The first-order chi connectivity index (χ1) is 14.7. The number of aromatic nitrogens is 2. The van der Waals surface area contributed by atoms with Crippen molar-refractivity contribution in [2.75, 3.05) is 31.6 Å². The van der Waals surface area contributed by atoms with E-state index in [4.69, 9.17) is 4.74 Å². The molecule has 154 valence electrons. The van der Waals surface area contributed by atoms with E-state index in [0.717, 1.165) is 61.2 Å². The van der Waals surface area contributed by atoms with Crippen LogP contribution in [-0.2, 0) is 4.74 Å². The summed E-state index contributed by atoms with van der Waals surface area (Å²) in [5, 5.41) is 4.40. The van der Waals surface area contributed by atoms with E-state index in [-0.39, 0.29) is 11.5 Å². The fourth-order valence-corrected chi connectivity index (χ4v) is 4.73. The number of nitrogens with one attached hydrogen (secondary N) is 1. The SMILES string of the molecule is O=C(c1ccc2ncccc2c1)N1CCC[C@@]2(C[C@H](CNc3ccccn3)CO2)C1. The van der Waals surface area contributed by atoms with Crippen LogP contribution < -0.4 is 5.32 Å². The van der Waals surface area contributed by atoms with Crippen LogP contribution in [0.1, 0.15) is 29.6 Å². The average Bonchev–Trinajstić information content (AvgIpc) is 3.19. The molecule has 6 heteroatoms. The molecule has 5 rings (SSSR count). The Kier molecular flexibility index (Phi) is 5.09. The molecule has 1 aromatic carbocycles. The van der Waals surface area contributed by atoms with Crippen LogP contribution in [-0.4, -0.2) is 52.6 Å². The Morgan fingerprint density at radius 1 is 1.17 bits per heavy atom. The number of benzene rings is 1. The van der Waals surface area contributed by atoms with Crippen LogP contribution in [0.4, 0.5) is 5.82 Å². The number of rotatable bonds is 4. The number of ether oxygens (including phenoxy) is 1. The van der Waals surface area contributed by atoms with Crippen molar-refractivity contribution in [2.24, 2.45) is 5.92 Å². The van der Waals surface area contributed by atoms with E-state index < -0.39 is 0 Å². The fraction of sp³-hybridized carbons (Fsp3) is 0.375. The van der Waals surface area contributed by atoms with Crippen molar-refractivity contribution < 1.29 is 9.53 Å². The van der Waals surface area contributed by atoms with Crippen molar-refractivity contribution in [2.45, 2.75) is 24.9 Å². The molecule has 6 nitrogen and oxygen atoms in total. The average molecular weight is 402 g/mol. The molecule has 2 atom stereocenters. The summed E-state index contributed by atoms with van der Waals surface area (Å²) in [5.74, 6) is 1.40. The Hall–Kier alpha value is -2.99. The van der Waals surface area contributed by atoms with Gasteiger partial charge in [-0.05, 0) is 55.7 Å². The van der Waals surface area contributed by atoms with E-state index in [2.05, 4.69) is 15.3 Å². The number of fused-ring (bicyclic) bond motifs is 1. The van der Waals surface area contributed by atoms with Crippen LogP contribution in [0.5, 0.6) is 0 Å². The van der Waals surface area contributed by atoms with Gasteiger partial charge in [0.05, 0.1) is 17.7 Å². The van der Waals surface area contributed by atoms with E-state index in [1.165, 1.54) is 0 Å². The second kappa shape index (κ2) is 8.03. The zero-order chi connectivity index (χ0) is 20.4. The van der Waals surface area contributed by atoms with Gasteiger partial charge in [-0.25, -0.2) is 4.98 Å². The highest BCUT2D eigenvalue weighted by Gasteiger charge is 2.44. The molecule has 0 bridgehead atoms. The monoisotopic (exact) mass is 402 g/mol. The van der Waals surface area contributed by atoms with Crippen molar-refractivity contribution in [3.8, 4) is 0 Å². The molecule has 2 aliphatic rings. The topological polar surface area (TPSA) is 67.4 Å². The highest BCUT2D eigenvalue weighted by Crippen LogP contribution is 2.38. The van der Waals surface area contributed by atoms with Crippen LogP contribution in [0, 0.1) is 5.92 Å². The summed E-state index contributed by atoms with van der Waals surface area (Å²) in [4.78, 5) is 23.8. The van der Waals surface area contributed by atoms with Gasteiger partial charge in [-0.15, -0.1) is 0 Å². The molecule has 0 saturated carbocycles. The molecule has 4 heterocycles. The standard InChI is InChI=1S/C24H26N4O2/c29-23(20-7-8-21-19(13-20)5-3-11-25-21)28-12-4-9-24(17-28)14-18(16-30-24)15-27-22-6-1-2-10-26-22/h1-3,5-8,10-11,13,18H,4,9,12,14-17H2,(H,26,27)/t18-,24-/m1/s1. The molecule has 1 amide bonds. The summed E-state index contributed by atoms with van der Waals surface area (Å²) >= 11 is 0. The highest BCUT2D eigenvalue weighted by atomic mass is 16.5. The van der Waals surface area contributed by atoms with Crippen molar-refractivity contribution in [3.05, 3.63) is 66.5 Å². The van der Waals surface area contributed by atoms with E-state index in [1.54, 1.807) is 12.4 Å². The molecule has 0 aliphatic carbocycles. The summed E-state index contributed by atoms with van der Waals surface area (Å²) in [5.41, 5.74) is 1.41. The number of anilines is 1. The highest BCUT2D eigenvalue weighted by molar-refractivity contribution is 5.98. The predicted molar refractivity (Wildman–Crippen MR) is 116 cm³/mol. The number of nitrogens with zero attached hydrogens (tertiary/aromatic N) is 3. The van der Waals surface area contributed by atoms with Crippen molar-refractivity contribution in [1.82, 2.24) is 14.9 Å². The summed E-state index contributed by atoms with van der Waals surface area (Å²) < 4.78 is 6.30. The number of pyridine rings is 2. The maximum Gasteiger partial charge on any atom is 0.253 e. The van der Waals surface area contributed by atoms with E-state index in [1.807, 2.05) is 53.4 Å². The number of piperidine rings is 1. The molecule has 0 unspecified atom stereocenters. The first kappa shape index (κ1) is 19.0. The summed E-state index contributed by atoms with van der Waals surface area (Å²) in [6.45, 7) is 3.01. The molecule has 2 aromatic heterocycles. The lowest BCUT2D eigenvalue weighted by Gasteiger charge is -2.40. The van der Waals surface area contributed by atoms with Gasteiger partial charge in [-0.3, -0.25) is 9.78 Å². The molecule has 1 N–H and O–H groups in total. The van der Waals surface area contributed by atoms with Crippen molar-refractivity contribution in [3.63, 3.8) is 0 Å². The second-order valence-electron chi connectivity index (χ2n) is 8.40. The number of hydrogen-bond donors (Lipinski definition) is 1. The molecule has 30 heavy (non-hydrogen) atoms. The molecular weight excluding hydrogens is 376 g/mol. The first-order valence-corrected chi connectivity index (χ1v) is 10.6. The Bertz CT molecular complexity index is 1040. The van der Waals surface area contributed by atoms with E-state index >= 15 is 0 Å². The lowest BCUT2D eigenvalue weighted by atomic mass is 9.86. The van der Waals surface area contributed by atoms with Crippen LogP contribution in [0.15, 0.2) is 60.9 Å². The molecule has 0 radical (unpaired) electrons. The van der Waals surface area contributed by atoms with Gasteiger partial charge >= 0.3 is 0 Å². The summed E-state index contributed by atoms with van der Waals surface area (Å²) in [6, 6.07) is 15.5. The van der Waals surface area contributed by atoms with Crippen LogP contribution in [0.3, 0.4) is 0 Å². The molecule has 2 fully saturated rings. The first-order valence-electron chi connectivity index (χ1n) is 10.6. The Morgan fingerprint density at radius 2 is 2.10 bits per heavy atom. The lowest BCUT2D eigenvalue weighted by molar-refractivity contribution is -0.0449. The van der Waals surface area contributed by atoms with Crippen LogP contribution in [0.2, 0.25) is 0 Å². The predicted octanol–water partition coefficient (Wildman–Crippen LogP) is 3.75. The minimum atomic E-state index is -0.219. The van der Waals surface area contributed by atoms with Crippen molar-refractivity contribution in [1.29, 1.82) is 0 Å². The van der Waals surface area contributed by atoms with Gasteiger partial charge in [0, 0.05) is 48.9 Å². The lowest BCUT2D eigenvalue weighted by Crippen LogP contribution is -2.50. The Labute approximate surface area is 176 Å². The number of likely N-dealkylation sites (tertiary alicyclic amines) is 1. The van der Waals surface area contributed by atoms with Gasteiger partial charge in [0.1, 0.15) is 5.82 Å². The zero-order valence-corrected chi connectivity index (χ0v) is 17.0. The third-order valence-corrected chi connectivity index (χ3v) is 6.20. The van der Waals surface area contributed by atoms with Gasteiger partial charge in [-0.1, -0.05) is 12.1 Å². The Balaban J connectivity index is 1.24. The minimum Gasteiger partial charge on any atom is -0.373 e. The molecular formula is C24H26N4O2. The Morgan fingerprint density at radius 3 is 3.00 bits per heavy atom. The maximum absolute atomic E-state index is 13.2. The third-order valence-electron chi connectivity index (χ3n) is 6.20. The van der Waals surface area contributed by atoms with Gasteiger partial charge in [0.15, 0.2) is 0 Å². The van der Waals surface area contributed by atoms with Crippen molar-refractivity contribution >= 4 is 22.6 Å². The van der Waals surface area contributed by atoms with E-state index in [9.17, 15) is 4.79 Å². The van der Waals surface area contributed by atoms with E-state index in [0.29, 0.717) is 12.5 Å². The zero-order valence-electron chi connectivity index (χ0n) is 17.0. The van der Waals surface area contributed by atoms with Gasteiger partial charge < -0.3 is 15.0 Å². The molecule has 2 aliphatic heterocycles. The molecule has 1 spiro atoms. The van der Waals surface area contributed by atoms with Gasteiger partial charge in [0.2, 0.25) is 0 Å². The number of hydrogen-bond acceptors (Lipinski definition) is 5. The molecule has 3 aromatic rings. The van der Waals surface area contributed by atoms with Crippen LogP contribution >= 0.6 is 0 Å². The van der Waals surface area contributed by atoms with Crippen LogP contribution in [0.25, 0.3) is 10.9 Å². The minimum absolute atomic E-state index is 0.0819. The smallest absolute Gasteiger partial charge is 0.253 e. The summed E-state index contributed by atoms with van der Waals surface area (Å²) in [6.07, 6.45) is 6.52. The normalized spacial score (nSPS) is 23.7. The van der Waals surface area contributed by atoms with Gasteiger partial charge in [-0.2, -0.15) is 0 Å². The fourth-order valence-electron chi connectivity index (χ4n) is 4.73. The quantitative estimate of drug-likeness (QED) is 0.720. The number of carbonyl (C=O) groups is 1.